The van der Waals surface area contributed by atoms with E-state index >= 15 is 0 Å². The first kappa shape index (κ1) is 11.7. The van der Waals surface area contributed by atoms with Crippen LogP contribution < -0.4 is 10.5 Å². The summed E-state index contributed by atoms with van der Waals surface area (Å²) >= 11 is 0. The van der Waals surface area contributed by atoms with Crippen molar-refractivity contribution in [3.8, 4) is 5.75 Å². The van der Waals surface area contributed by atoms with Crippen molar-refractivity contribution in [2.24, 2.45) is 5.73 Å². The van der Waals surface area contributed by atoms with Crippen molar-refractivity contribution in [3.05, 3.63) is 47.8 Å². The molecule has 0 spiro atoms. The van der Waals surface area contributed by atoms with E-state index in [1.807, 2.05) is 42.1 Å². The lowest BCUT2D eigenvalue weighted by Gasteiger charge is -2.13. The maximum absolute atomic E-state index is 5.79. The Balaban J connectivity index is 1.98. The van der Waals surface area contributed by atoms with Crippen LogP contribution in [0.15, 0.2) is 36.7 Å². The van der Waals surface area contributed by atoms with E-state index in [1.54, 1.807) is 6.20 Å². The van der Waals surface area contributed by atoms with Crippen LogP contribution in [0.4, 0.5) is 0 Å². The minimum atomic E-state index is 0.499. The molecule has 0 atom stereocenters. The number of nitrogens with two attached hydrogens (primary N) is 1. The molecule has 1 aromatic heterocycles. The van der Waals surface area contributed by atoms with Crippen LogP contribution >= 0.6 is 0 Å². The predicted molar refractivity (Wildman–Crippen MR) is 66.8 cm³/mol. The highest BCUT2D eigenvalue weighted by atomic mass is 16.5. The molecule has 2 N–H and O–H groups in total. The first-order chi connectivity index (χ1) is 8.31. The molecule has 0 aliphatic heterocycles. The topological polar surface area (TPSA) is 53.1 Å². The number of ether oxygens (including phenoxy) is 1. The van der Waals surface area contributed by atoms with Gasteiger partial charge in [-0.1, -0.05) is 18.2 Å². The fourth-order valence-corrected chi connectivity index (χ4v) is 1.75. The SMILES string of the molecule is Cc1cccc(CN)c1OCCn1cccn1. The molecular weight excluding hydrogens is 214 g/mol. The minimum Gasteiger partial charge on any atom is -0.491 e. The summed E-state index contributed by atoms with van der Waals surface area (Å²) in [4.78, 5) is 0. The van der Waals surface area contributed by atoms with E-state index in [2.05, 4.69) is 5.10 Å². The van der Waals surface area contributed by atoms with Crippen molar-refractivity contribution in [3.63, 3.8) is 0 Å². The number of hydrogen-bond acceptors (Lipinski definition) is 3. The van der Waals surface area contributed by atoms with Crippen LogP contribution in [0.1, 0.15) is 11.1 Å². The molecule has 0 saturated heterocycles. The maximum Gasteiger partial charge on any atom is 0.126 e. The smallest absolute Gasteiger partial charge is 0.126 e. The van der Waals surface area contributed by atoms with E-state index in [0.717, 1.165) is 23.4 Å². The molecule has 0 saturated carbocycles. The number of para-hydroxylation sites is 1. The van der Waals surface area contributed by atoms with Gasteiger partial charge in [0.1, 0.15) is 12.4 Å². The third-order valence-corrected chi connectivity index (χ3v) is 2.64. The number of hydrogen-bond donors (Lipinski definition) is 1. The summed E-state index contributed by atoms with van der Waals surface area (Å²) in [7, 11) is 0. The fraction of sp³-hybridized carbons (Fsp3) is 0.308. The van der Waals surface area contributed by atoms with Crippen LogP contribution in [0.25, 0.3) is 0 Å². The molecule has 4 nitrogen and oxygen atoms in total. The second kappa shape index (κ2) is 5.50. The average Bonchev–Trinajstić information content (AvgIpc) is 2.84. The Labute approximate surface area is 101 Å². The van der Waals surface area contributed by atoms with Crippen LogP contribution in [0.3, 0.4) is 0 Å². The zero-order valence-electron chi connectivity index (χ0n) is 9.97. The molecule has 0 aliphatic rings. The van der Waals surface area contributed by atoms with E-state index < -0.39 is 0 Å². The number of rotatable bonds is 5. The molecule has 0 radical (unpaired) electrons. The van der Waals surface area contributed by atoms with Gasteiger partial charge in [-0.05, 0) is 18.6 Å². The van der Waals surface area contributed by atoms with Gasteiger partial charge in [0.2, 0.25) is 0 Å². The summed E-state index contributed by atoms with van der Waals surface area (Å²) in [5, 5.41) is 4.12. The summed E-state index contributed by atoms with van der Waals surface area (Å²) in [6, 6.07) is 7.93. The van der Waals surface area contributed by atoms with Gasteiger partial charge < -0.3 is 10.5 Å². The minimum absolute atomic E-state index is 0.499. The quantitative estimate of drug-likeness (QED) is 0.852. The van der Waals surface area contributed by atoms with Crippen LogP contribution in [0.2, 0.25) is 0 Å². The normalized spacial score (nSPS) is 10.5. The van der Waals surface area contributed by atoms with Gasteiger partial charge in [-0.2, -0.15) is 5.10 Å². The zero-order valence-corrected chi connectivity index (χ0v) is 9.97. The number of benzene rings is 1. The fourth-order valence-electron chi connectivity index (χ4n) is 1.75. The van der Waals surface area contributed by atoms with E-state index in [9.17, 15) is 0 Å². The number of nitrogens with zero attached hydrogens (tertiary/aromatic N) is 2. The molecule has 0 bridgehead atoms. The molecular formula is C13H17N3O. The Morgan fingerprint density at radius 2 is 2.24 bits per heavy atom. The monoisotopic (exact) mass is 231 g/mol. The van der Waals surface area contributed by atoms with E-state index in [-0.39, 0.29) is 0 Å². The average molecular weight is 231 g/mol. The molecule has 0 aliphatic carbocycles. The van der Waals surface area contributed by atoms with Gasteiger partial charge in [0.15, 0.2) is 0 Å². The lowest BCUT2D eigenvalue weighted by Crippen LogP contribution is -2.11. The van der Waals surface area contributed by atoms with Crippen molar-refractivity contribution in [2.75, 3.05) is 6.61 Å². The van der Waals surface area contributed by atoms with Gasteiger partial charge in [-0.15, -0.1) is 0 Å². The van der Waals surface area contributed by atoms with Crippen LogP contribution in [-0.2, 0) is 13.1 Å². The number of aromatic nitrogens is 2. The third kappa shape index (κ3) is 2.85. The molecule has 4 heteroatoms. The predicted octanol–water partition coefficient (Wildman–Crippen LogP) is 1.73. The first-order valence-electron chi connectivity index (χ1n) is 5.70. The largest absolute Gasteiger partial charge is 0.491 e. The van der Waals surface area contributed by atoms with Crippen molar-refractivity contribution in [1.29, 1.82) is 0 Å². The molecule has 17 heavy (non-hydrogen) atoms. The maximum atomic E-state index is 5.79. The summed E-state index contributed by atoms with van der Waals surface area (Å²) < 4.78 is 7.64. The summed E-state index contributed by atoms with van der Waals surface area (Å²) in [6.07, 6.45) is 3.68. The van der Waals surface area contributed by atoms with Gasteiger partial charge in [0, 0.05) is 24.5 Å². The Kier molecular flexibility index (Phi) is 3.77. The van der Waals surface area contributed by atoms with Gasteiger partial charge in [-0.3, -0.25) is 4.68 Å². The highest BCUT2D eigenvalue weighted by Gasteiger charge is 2.05. The zero-order chi connectivity index (χ0) is 12.1. The van der Waals surface area contributed by atoms with Crippen LogP contribution in [0.5, 0.6) is 5.75 Å². The molecule has 2 aromatic rings. The van der Waals surface area contributed by atoms with Crippen LogP contribution in [0, 0.1) is 6.92 Å². The van der Waals surface area contributed by atoms with Gasteiger partial charge in [0.05, 0.1) is 6.54 Å². The molecule has 1 heterocycles. The Morgan fingerprint density at radius 1 is 1.35 bits per heavy atom. The van der Waals surface area contributed by atoms with E-state index in [4.69, 9.17) is 10.5 Å². The van der Waals surface area contributed by atoms with Crippen molar-refractivity contribution < 1.29 is 4.74 Å². The van der Waals surface area contributed by atoms with Crippen molar-refractivity contribution in [1.82, 2.24) is 9.78 Å². The molecule has 2 rings (SSSR count). The highest BCUT2D eigenvalue weighted by molar-refractivity contribution is 5.40. The second-order valence-electron chi connectivity index (χ2n) is 3.88. The van der Waals surface area contributed by atoms with Gasteiger partial charge >= 0.3 is 0 Å². The lowest BCUT2D eigenvalue weighted by molar-refractivity contribution is 0.287. The van der Waals surface area contributed by atoms with Gasteiger partial charge in [0.25, 0.3) is 0 Å². The third-order valence-electron chi connectivity index (χ3n) is 2.64. The van der Waals surface area contributed by atoms with Gasteiger partial charge in [-0.25, -0.2) is 0 Å². The molecule has 0 amide bonds. The molecule has 1 aromatic carbocycles. The Morgan fingerprint density at radius 3 is 2.94 bits per heavy atom. The molecule has 90 valence electrons. The Hall–Kier alpha value is -1.81. The van der Waals surface area contributed by atoms with Crippen molar-refractivity contribution >= 4 is 0 Å². The Bertz CT molecular complexity index is 466. The van der Waals surface area contributed by atoms with Crippen LogP contribution in [-0.4, -0.2) is 16.4 Å². The number of aryl methyl sites for hydroxylation is 1. The molecule has 0 fully saturated rings. The second-order valence-corrected chi connectivity index (χ2v) is 3.88. The lowest BCUT2D eigenvalue weighted by atomic mass is 10.1. The first-order valence-corrected chi connectivity index (χ1v) is 5.70. The van der Waals surface area contributed by atoms with E-state index in [1.165, 1.54) is 0 Å². The standard InChI is InChI=1S/C13H17N3O/c1-11-4-2-5-12(10-14)13(11)17-9-8-16-7-3-6-15-16/h2-7H,8-10,14H2,1H3. The van der Waals surface area contributed by atoms with E-state index in [0.29, 0.717) is 13.2 Å². The van der Waals surface area contributed by atoms with Crippen molar-refractivity contribution in [2.45, 2.75) is 20.0 Å². The molecule has 0 unspecified atom stereocenters. The summed E-state index contributed by atoms with van der Waals surface area (Å²) in [6.45, 7) is 3.87. The summed E-state index contributed by atoms with van der Waals surface area (Å²) in [5.74, 6) is 0.905. The highest BCUT2D eigenvalue weighted by Crippen LogP contribution is 2.22. The summed E-state index contributed by atoms with van der Waals surface area (Å²) in [5.41, 5.74) is 7.85.